The molecule has 0 aromatic carbocycles. The lowest BCUT2D eigenvalue weighted by Crippen LogP contribution is -2.30. The van der Waals surface area contributed by atoms with E-state index >= 15 is 0 Å². The zero-order valence-corrected chi connectivity index (χ0v) is 42.9. The average molecular weight is 917 g/mol. The molecule has 0 spiro atoms. The third-order valence-corrected chi connectivity index (χ3v) is 11.4. The molecule has 0 saturated carbocycles. The van der Waals surface area contributed by atoms with Crippen LogP contribution < -0.4 is 0 Å². The van der Waals surface area contributed by atoms with Crippen molar-refractivity contribution < 1.29 is 28.6 Å². The molecule has 66 heavy (non-hydrogen) atoms. The lowest BCUT2D eigenvalue weighted by atomic mass is 10.1. The van der Waals surface area contributed by atoms with Gasteiger partial charge < -0.3 is 14.2 Å². The van der Waals surface area contributed by atoms with E-state index in [-0.39, 0.29) is 37.5 Å². The number of hydrogen-bond donors (Lipinski definition) is 0. The summed E-state index contributed by atoms with van der Waals surface area (Å²) in [5, 5.41) is 0. The van der Waals surface area contributed by atoms with Crippen LogP contribution in [0.1, 0.15) is 245 Å². The van der Waals surface area contributed by atoms with Gasteiger partial charge in [0.2, 0.25) is 0 Å². The maximum atomic E-state index is 12.8. The Morgan fingerprint density at radius 3 is 1.11 bits per heavy atom. The van der Waals surface area contributed by atoms with Crippen molar-refractivity contribution in [3.8, 4) is 0 Å². The highest BCUT2D eigenvalue weighted by atomic mass is 16.6. The second kappa shape index (κ2) is 53.9. The van der Waals surface area contributed by atoms with Gasteiger partial charge in [-0.3, -0.25) is 14.4 Å². The highest BCUT2D eigenvalue weighted by Crippen LogP contribution is 2.13. The van der Waals surface area contributed by atoms with Gasteiger partial charge in [0.15, 0.2) is 6.10 Å². The van der Waals surface area contributed by atoms with E-state index < -0.39 is 6.10 Å². The molecule has 6 nitrogen and oxygen atoms in total. The predicted octanol–water partition coefficient (Wildman–Crippen LogP) is 18.1. The molecular formula is C60H100O6. The first-order valence-corrected chi connectivity index (χ1v) is 27.3. The van der Waals surface area contributed by atoms with Gasteiger partial charge in [-0.05, 0) is 96.3 Å². The van der Waals surface area contributed by atoms with E-state index in [0.29, 0.717) is 19.3 Å². The summed E-state index contributed by atoms with van der Waals surface area (Å²) in [6.45, 7) is 6.42. The highest BCUT2D eigenvalue weighted by Gasteiger charge is 2.19. The molecule has 0 radical (unpaired) electrons. The molecular weight excluding hydrogens is 817 g/mol. The lowest BCUT2D eigenvalue weighted by molar-refractivity contribution is -0.167. The Morgan fingerprint density at radius 2 is 0.667 bits per heavy atom. The number of carbonyl (C=O) groups excluding carboxylic acids is 3. The molecule has 0 bridgehead atoms. The van der Waals surface area contributed by atoms with Crippen LogP contribution in [0.5, 0.6) is 0 Å². The molecule has 0 aliphatic heterocycles. The highest BCUT2D eigenvalue weighted by molar-refractivity contribution is 5.71. The molecule has 6 heteroatoms. The van der Waals surface area contributed by atoms with Crippen LogP contribution >= 0.6 is 0 Å². The van der Waals surface area contributed by atoms with E-state index in [1.165, 1.54) is 96.3 Å². The Hall–Kier alpha value is -3.67. The largest absolute Gasteiger partial charge is 0.462 e. The first kappa shape index (κ1) is 62.3. The van der Waals surface area contributed by atoms with E-state index in [9.17, 15) is 14.4 Å². The fraction of sp³-hybridized carbons (Fsp3) is 0.683. The minimum Gasteiger partial charge on any atom is -0.462 e. The van der Waals surface area contributed by atoms with Crippen LogP contribution in [-0.2, 0) is 28.6 Å². The molecule has 0 rings (SSSR count). The number of hydrogen-bond acceptors (Lipinski definition) is 6. The van der Waals surface area contributed by atoms with Gasteiger partial charge in [-0.25, -0.2) is 0 Å². The number of rotatable bonds is 48. The molecule has 0 fully saturated rings. The topological polar surface area (TPSA) is 78.9 Å². The summed E-state index contributed by atoms with van der Waals surface area (Å²) in [7, 11) is 0. The van der Waals surface area contributed by atoms with Crippen molar-refractivity contribution in [3.05, 3.63) is 97.2 Å². The Morgan fingerprint density at radius 1 is 0.333 bits per heavy atom. The van der Waals surface area contributed by atoms with Gasteiger partial charge in [-0.15, -0.1) is 0 Å². The van der Waals surface area contributed by atoms with Crippen LogP contribution in [0.25, 0.3) is 0 Å². The Balaban J connectivity index is 4.51. The molecule has 0 aliphatic carbocycles. The number of ether oxygens (including phenoxy) is 3. The number of carbonyl (C=O) groups is 3. The number of allylic oxidation sites excluding steroid dienone is 16. The van der Waals surface area contributed by atoms with Gasteiger partial charge in [0.1, 0.15) is 13.2 Å². The summed E-state index contributed by atoms with van der Waals surface area (Å²) in [5.41, 5.74) is 0. The van der Waals surface area contributed by atoms with Crippen molar-refractivity contribution in [2.45, 2.75) is 252 Å². The van der Waals surface area contributed by atoms with Gasteiger partial charge in [0, 0.05) is 19.3 Å². The second-order valence-electron chi connectivity index (χ2n) is 17.8. The van der Waals surface area contributed by atoms with Gasteiger partial charge >= 0.3 is 17.9 Å². The standard InChI is InChI=1S/C60H100O6/c1-4-7-10-13-16-19-22-25-27-29-31-32-35-38-41-44-47-50-53-59(62)65-56-57(55-64-58(61)52-49-46-43-40-37-34-24-21-18-15-12-9-6-3)66-60(63)54-51-48-45-42-39-36-33-30-28-26-23-20-17-14-11-8-5-2/h9,12,15,18,21,24,26-29,31-33,36,42,45,57H,4-8,10-11,13-14,16-17,19-20,22-23,25,30,34-35,37-41,43-44,46-56H2,1-3H3/b12-9+,18-15+,24-21+,28-26+,29-27+,32-31+,36-33+,45-42+. The first-order chi connectivity index (χ1) is 32.5. The van der Waals surface area contributed by atoms with Crippen LogP contribution in [0.15, 0.2) is 97.2 Å². The van der Waals surface area contributed by atoms with E-state index in [1.54, 1.807) is 0 Å². The molecule has 0 saturated heterocycles. The van der Waals surface area contributed by atoms with Crippen molar-refractivity contribution in [2.24, 2.45) is 0 Å². The van der Waals surface area contributed by atoms with Gasteiger partial charge in [0.05, 0.1) is 0 Å². The second-order valence-corrected chi connectivity index (χ2v) is 17.8. The van der Waals surface area contributed by atoms with E-state index in [4.69, 9.17) is 14.2 Å². The smallest absolute Gasteiger partial charge is 0.306 e. The van der Waals surface area contributed by atoms with Crippen LogP contribution in [0, 0.1) is 0 Å². The third kappa shape index (κ3) is 51.3. The van der Waals surface area contributed by atoms with Gasteiger partial charge in [0.25, 0.3) is 0 Å². The van der Waals surface area contributed by atoms with Crippen LogP contribution in [-0.4, -0.2) is 37.2 Å². The minimum absolute atomic E-state index is 0.113. The average Bonchev–Trinajstić information content (AvgIpc) is 3.31. The number of esters is 3. The quantitative estimate of drug-likeness (QED) is 0.0199. The summed E-state index contributed by atoms with van der Waals surface area (Å²) >= 11 is 0. The molecule has 0 aromatic heterocycles. The molecule has 1 unspecified atom stereocenters. The minimum atomic E-state index is -0.820. The first-order valence-electron chi connectivity index (χ1n) is 27.3. The summed E-state index contributed by atoms with van der Waals surface area (Å²) in [6, 6.07) is 0. The molecule has 0 N–H and O–H groups in total. The molecule has 1 atom stereocenters. The maximum Gasteiger partial charge on any atom is 0.306 e. The zero-order chi connectivity index (χ0) is 47.9. The fourth-order valence-electron chi connectivity index (χ4n) is 7.27. The van der Waals surface area contributed by atoms with Crippen LogP contribution in [0.3, 0.4) is 0 Å². The van der Waals surface area contributed by atoms with Gasteiger partial charge in [-0.1, -0.05) is 227 Å². The monoisotopic (exact) mass is 917 g/mol. The maximum absolute atomic E-state index is 12.8. The van der Waals surface area contributed by atoms with Crippen molar-refractivity contribution in [1.82, 2.24) is 0 Å². The van der Waals surface area contributed by atoms with E-state index in [1.807, 2.05) is 0 Å². The van der Waals surface area contributed by atoms with Crippen molar-refractivity contribution in [2.75, 3.05) is 13.2 Å². The Labute approximate surface area is 407 Å². The molecule has 0 heterocycles. The molecule has 0 aromatic rings. The van der Waals surface area contributed by atoms with Crippen LogP contribution in [0.4, 0.5) is 0 Å². The summed E-state index contributed by atoms with van der Waals surface area (Å²) < 4.78 is 16.7. The van der Waals surface area contributed by atoms with Crippen molar-refractivity contribution >= 4 is 17.9 Å². The Bertz CT molecular complexity index is 1330. The number of unbranched alkanes of at least 4 members (excludes halogenated alkanes) is 24. The third-order valence-electron chi connectivity index (χ3n) is 11.4. The molecule has 0 amide bonds. The summed E-state index contributed by atoms with van der Waals surface area (Å²) in [6.07, 6.45) is 71.1. The van der Waals surface area contributed by atoms with E-state index in [2.05, 4.69) is 118 Å². The summed E-state index contributed by atoms with van der Waals surface area (Å²) in [4.78, 5) is 38.0. The van der Waals surface area contributed by atoms with Crippen molar-refractivity contribution in [3.63, 3.8) is 0 Å². The summed E-state index contributed by atoms with van der Waals surface area (Å²) in [5.74, 6) is -1.00. The lowest BCUT2D eigenvalue weighted by Gasteiger charge is -2.18. The predicted molar refractivity (Wildman–Crippen MR) is 284 cm³/mol. The molecule has 376 valence electrons. The van der Waals surface area contributed by atoms with Crippen LogP contribution in [0.2, 0.25) is 0 Å². The Kier molecular flexibility index (Phi) is 50.9. The zero-order valence-electron chi connectivity index (χ0n) is 42.9. The van der Waals surface area contributed by atoms with Gasteiger partial charge in [-0.2, -0.15) is 0 Å². The van der Waals surface area contributed by atoms with E-state index in [0.717, 1.165) is 103 Å². The fourth-order valence-corrected chi connectivity index (χ4v) is 7.27. The SMILES string of the molecule is CC/C=C/C=C/C=C/CCCCCCCC(=O)OCC(COC(=O)CCCCCCC/C=C/C=C/CCCCCCCCC)OC(=O)CCC/C=C/C/C=C/C/C=C/CCCCCCCC. The normalized spacial score (nSPS) is 12.8. The van der Waals surface area contributed by atoms with Crippen molar-refractivity contribution in [1.29, 1.82) is 0 Å². The molecule has 0 aliphatic rings.